The standard InChI is InChI=1S/C7H15N/c1-4-5-6(2)7(3)8/h4,6-7H,1,5,8H2,2-3H3. The molecule has 0 aromatic carbocycles. The van der Waals surface area contributed by atoms with Crippen LogP contribution in [0, 0.1) is 5.92 Å². The summed E-state index contributed by atoms with van der Waals surface area (Å²) >= 11 is 0. The first-order chi connectivity index (χ1) is 3.68. The molecule has 0 aliphatic carbocycles. The summed E-state index contributed by atoms with van der Waals surface area (Å²) in [4.78, 5) is 0. The van der Waals surface area contributed by atoms with Gasteiger partial charge in [-0.2, -0.15) is 0 Å². The maximum atomic E-state index is 5.57. The van der Waals surface area contributed by atoms with E-state index in [-0.39, 0.29) is 0 Å². The average Bonchev–Trinajstić information content (AvgIpc) is 1.67. The van der Waals surface area contributed by atoms with E-state index in [1.54, 1.807) is 0 Å². The van der Waals surface area contributed by atoms with Crippen LogP contribution in [0.3, 0.4) is 0 Å². The Balaban J connectivity index is 3.30. The lowest BCUT2D eigenvalue weighted by atomic mass is 10.0. The van der Waals surface area contributed by atoms with Crippen LogP contribution in [-0.2, 0) is 0 Å². The molecule has 0 rings (SSSR count). The largest absolute Gasteiger partial charge is 0.328 e. The normalized spacial score (nSPS) is 17.4. The third-order valence-electron chi connectivity index (χ3n) is 1.44. The van der Waals surface area contributed by atoms with Gasteiger partial charge in [0.1, 0.15) is 0 Å². The van der Waals surface area contributed by atoms with Gasteiger partial charge in [0.05, 0.1) is 0 Å². The zero-order chi connectivity index (χ0) is 6.57. The zero-order valence-corrected chi connectivity index (χ0v) is 5.72. The summed E-state index contributed by atoms with van der Waals surface area (Å²) in [6.45, 7) is 7.78. The van der Waals surface area contributed by atoms with E-state index >= 15 is 0 Å². The summed E-state index contributed by atoms with van der Waals surface area (Å²) in [6.07, 6.45) is 2.94. The quantitative estimate of drug-likeness (QED) is 0.552. The molecule has 0 aromatic rings. The van der Waals surface area contributed by atoms with E-state index in [2.05, 4.69) is 13.5 Å². The second kappa shape index (κ2) is 3.67. The SMILES string of the molecule is C=CCC(C)C(C)N. The first kappa shape index (κ1) is 7.70. The highest BCUT2D eigenvalue weighted by Crippen LogP contribution is 2.04. The van der Waals surface area contributed by atoms with E-state index in [1.165, 1.54) is 0 Å². The first-order valence-corrected chi connectivity index (χ1v) is 3.05. The predicted molar refractivity (Wildman–Crippen MR) is 37.6 cm³/mol. The lowest BCUT2D eigenvalue weighted by Crippen LogP contribution is -2.23. The molecule has 8 heavy (non-hydrogen) atoms. The van der Waals surface area contributed by atoms with Gasteiger partial charge in [-0.15, -0.1) is 6.58 Å². The first-order valence-electron chi connectivity index (χ1n) is 3.05. The molecule has 0 aliphatic heterocycles. The van der Waals surface area contributed by atoms with Crippen molar-refractivity contribution in [2.24, 2.45) is 11.7 Å². The van der Waals surface area contributed by atoms with E-state index in [0.29, 0.717) is 12.0 Å². The molecule has 2 unspecified atom stereocenters. The molecule has 0 saturated carbocycles. The van der Waals surface area contributed by atoms with E-state index < -0.39 is 0 Å². The second-order valence-electron chi connectivity index (χ2n) is 2.36. The molecule has 2 N–H and O–H groups in total. The van der Waals surface area contributed by atoms with Crippen LogP contribution in [0.4, 0.5) is 0 Å². The Labute approximate surface area is 51.6 Å². The van der Waals surface area contributed by atoms with Crippen molar-refractivity contribution < 1.29 is 0 Å². The third-order valence-corrected chi connectivity index (χ3v) is 1.44. The fraction of sp³-hybridized carbons (Fsp3) is 0.714. The molecule has 0 spiro atoms. The predicted octanol–water partition coefficient (Wildman–Crippen LogP) is 1.55. The van der Waals surface area contributed by atoms with Gasteiger partial charge in [-0.3, -0.25) is 0 Å². The van der Waals surface area contributed by atoms with Gasteiger partial charge in [0.15, 0.2) is 0 Å². The Morgan fingerprint density at radius 2 is 2.12 bits per heavy atom. The fourth-order valence-electron chi connectivity index (χ4n) is 0.478. The van der Waals surface area contributed by atoms with Crippen LogP contribution in [0.1, 0.15) is 20.3 Å². The molecule has 48 valence electrons. The lowest BCUT2D eigenvalue weighted by molar-refractivity contribution is 0.490. The van der Waals surface area contributed by atoms with Gasteiger partial charge in [0.2, 0.25) is 0 Å². The molecule has 0 heterocycles. The molecule has 2 atom stereocenters. The average molecular weight is 113 g/mol. The van der Waals surface area contributed by atoms with Crippen LogP contribution in [0.5, 0.6) is 0 Å². The van der Waals surface area contributed by atoms with Crippen molar-refractivity contribution in [3.63, 3.8) is 0 Å². The smallest absolute Gasteiger partial charge is 0.00390 e. The van der Waals surface area contributed by atoms with Crippen molar-refractivity contribution in [1.82, 2.24) is 0 Å². The molecule has 0 fully saturated rings. The number of allylic oxidation sites excluding steroid dienone is 1. The van der Waals surface area contributed by atoms with Gasteiger partial charge in [-0.25, -0.2) is 0 Å². The number of rotatable bonds is 3. The molecule has 0 bridgehead atoms. The topological polar surface area (TPSA) is 26.0 Å². The fourth-order valence-corrected chi connectivity index (χ4v) is 0.478. The van der Waals surface area contributed by atoms with Crippen molar-refractivity contribution in [2.45, 2.75) is 26.3 Å². The van der Waals surface area contributed by atoms with Crippen molar-refractivity contribution >= 4 is 0 Å². The summed E-state index contributed by atoms with van der Waals surface area (Å²) in [5, 5.41) is 0. The third kappa shape index (κ3) is 2.80. The Bertz CT molecular complexity index is 66.8. The van der Waals surface area contributed by atoms with Crippen LogP contribution in [0.15, 0.2) is 12.7 Å². The Kier molecular flexibility index (Phi) is 3.53. The van der Waals surface area contributed by atoms with Crippen LogP contribution in [0.25, 0.3) is 0 Å². The van der Waals surface area contributed by atoms with Gasteiger partial charge in [0, 0.05) is 6.04 Å². The van der Waals surface area contributed by atoms with Gasteiger partial charge in [-0.05, 0) is 19.3 Å². The highest BCUT2D eigenvalue weighted by molar-refractivity contribution is 4.74. The summed E-state index contributed by atoms with van der Waals surface area (Å²) in [5.41, 5.74) is 5.57. The molecule has 0 saturated heterocycles. The number of nitrogens with two attached hydrogens (primary N) is 1. The maximum Gasteiger partial charge on any atom is 0.00390 e. The van der Waals surface area contributed by atoms with Crippen LogP contribution in [0.2, 0.25) is 0 Å². The van der Waals surface area contributed by atoms with E-state index in [1.807, 2.05) is 13.0 Å². The Hall–Kier alpha value is -0.300. The minimum absolute atomic E-state index is 0.299. The number of hydrogen-bond acceptors (Lipinski definition) is 1. The summed E-state index contributed by atoms with van der Waals surface area (Å²) < 4.78 is 0. The van der Waals surface area contributed by atoms with Crippen molar-refractivity contribution in [2.75, 3.05) is 0 Å². The number of hydrogen-bond donors (Lipinski definition) is 1. The van der Waals surface area contributed by atoms with Crippen molar-refractivity contribution in [1.29, 1.82) is 0 Å². The maximum absolute atomic E-state index is 5.57. The molecule has 1 nitrogen and oxygen atoms in total. The highest BCUT2D eigenvalue weighted by atomic mass is 14.6. The van der Waals surface area contributed by atoms with E-state index in [0.717, 1.165) is 6.42 Å². The van der Waals surface area contributed by atoms with Gasteiger partial charge in [0.25, 0.3) is 0 Å². The zero-order valence-electron chi connectivity index (χ0n) is 5.72. The second-order valence-corrected chi connectivity index (χ2v) is 2.36. The Morgan fingerprint density at radius 1 is 1.62 bits per heavy atom. The Morgan fingerprint density at radius 3 is 2.25 bits per heavy atom. The molecule has 1 heteroatoms. The molecular formula is C7H15N. The van der Waals surface area contributed by atoms with Crippen molar-refractivity contribution in [3.05, 3.63) is 12.7 Å². The summed E-state index contributed by atoms with van der Waals surface area (Å²) in [5.74, 6) is 0.576. The molecule has 0 aromatic heterocycles. The van der Waals surface area contributed by atoms with Crippen LogP contribution >= 0.6 is 0 Å². The van der Waals surface area contributed by atoms with Crippen LogP contribution in [-0.4, -0.2) is 6.04 Å². The van der Waals surface area contributed by atoms with Gasteiger partial charge in [-0.1, -0.05) is 13.0 Å². The summed E-state index contributed by atoms with van der Waals surface area (Å²) in [7, 11) is 0. The van der Waals surface area contributed by atoms with Crippen molar-refractivity contribution in [3.8, 4) is 0 Å². The molecule has 0 aliphatic rings. The minimum atomic E-state index is 0.299. The summed E-state index contributed by atoms with van der Waals surface area (Å²) in [6, 6.07) is 0.299. The molecular weight excluding hydrogens is 98.1 g/mol. The minimum Gasteiger partial charge on any atom is -0.328 e. The van der Waals surface area contributed by atoms with Crippen LogP contribution < -0.4 is 5.73 Å². The monoisotopic (exact) mass is 113 g/mol. The van der Waals surface area contributed by atoms with Gasteiger partial charge >= 0.3 is 0 Å². The highest BCUT2D eigenvalue weighted by Gasteiger charge is 2.02. The molecule has 0 amide bonds. The van der Waals surface area contributed by atoms with E-state index in [4.69, 9.17) is 5.73 Å². The molecule has 0 radical (unpaired) electrons. The van der Waals surface area contributed by atoms with E-state index in [9.17, 15) is 0 Å². The van der Waals surface area contributed by atoms with Gasteiger partial charge < -0.3 is 5.73 Å². The lowest BCUT2D eigenvalue weighted by Gasteiger charge is -2.11.